The van der Waals surface area contributed by atoms with Crippen LogP contribution in [-0.4, -0.2) is 24.7 Å². The number of anilines is 2. The monoisotopic (exact) mass is 389 g/mol. The average Bonchev–Trinajstić information content (AvgIpc) is 3.02. The highest BCUT2D eigenvalue weighted by Crippen LogP contribution is 2.33. The number of hydrazone groups is 1. The fourth-order valence-corrected chi connectivity index (χ4v) is 3.61. The van der Waals surface area contributed by atoms with E-state index >= 15 is 0 Å². The number of hydrogen-bond acceptors (Lipinski definition) is 3. The highest BCUT2D eigenvalue weighted by Gasteiger charge is 2.37. The van der Waals surface area contributed by atoms with Crippen LogP contribution in [0.1, 0.15) is 45.7 Å². The Labute approximate surface area is 174 Å². The Hall–Kier alpha value is -2.88. The van der Waals surface area contributed by atoms with E-state index in [1.165, 1.54) is 10.7 Å². The summed E-state index contributed by atoms with van der Waals surface area (Å²) in [7, 11) is 0. The highest BCUT2D eigenvalue weighted by atomic mass is 16.2. The third-order valence-corrected chi connectivity index (χ3v) is 5.27. The molecule has 4 nitrogen and oxygen atoms in total. The summed E-state index contributed by atoms with van der Waals surface area (Å²) in [5.41, 5.74) is 5.45. The first-order valence-corrected chi connectivity index (χ1v) is 10.3. The molecule has 0 atom stereocenters. The van der Waals surface area contributed by atoms with Crippen LogP contribution in [0, 0.1) is 12.3 Å². The molecule has 0 unspecified atom stereocenters. The van der Waals surface area contributed by atoms with Gasteiger partial charge < -0.3 is 4.90 Å². The number of nitrogens with zero attached hydrogens (tertiary/aromatic N) is 3. The first-order valence-electron chi connectivity index (χ1n) is 10.3. The molecule has 0 bridgehead atoms. The van der Waals surface area contributed by atoms with Gasteiger partial charge in [0.1, 0.15) is 0 Å². The lowest BCUT2D eigenvalue weighted by atomic mass is 9.84. The van der Waals surface area contributed by atoms with Crippen molar-refractivity contribution in [2.45, 2.75) is 41.5 Å². The van der Waals surface area contributed by atoms with E-state index in [4.69, 9.17) is 5.10 Å². The molecule has 0 aromatic heterocycles. The Kier molecular flexibility index (Phi) is 5.92. The molecule has 0 N–H and O–H groups in total. The number of para-hydroxylation sites is 1. The second-order valence-corrected chi connectivity index (χ2v) is 8.42. The van der Waals surface area contributed by atoms with Crippen LogP contribution in [0.25, 0.3) is 6.08 Å². The van der Waals surface area contributed by atoms with Crippen LogP contribution in [0.2, 0.25) is 0 Å². The van der Waals surface area contributed by atoms with Crippen LogP contribution in [-0.2, 0) is 4.79 Å². The lowest BCUT2D eigenvalue weighted by Crippen LogP contribution is -2.24. The molecule has 1 heterocycles. The van der Waals surface area contributed by atoms with Gasteiger partial charge >= 0.3 is 0 Å². The summed E-state index contributed by atoms with van der Waals surface area (Å²) in [4.78, 5) is 15.6. The second kappa shape index (κ2) is 8.24. The maximum atomic E-state index is 13.3. The summed E-state index contributed by atoms with van der Waals surface area (Å²) >= 11 is 0. The Bertz CT molecular complexity index is 948. The lowest BCUT2D eigenvalue weighted by Gasteiger charge is -2.22. The number of carbonyl (C=O) groups excluding carboxylic acids is 1. The minimum atomic E-state index is -0.236. The van der Waals surface area contributed by atoms with Crippen LogP contribution in [0.3, 0.4) is 0 Å². The normalized spacial score (nSPS) is 15.8. The predicted octanol–water partition coefficient (Wildman–Crippen LogP) is 5.67. The molecule has 0 spiro atoms. The first kappa shape index (κ1) is 20.8. The third kappa shape index (κ3) is 4.26. The van der Waals surface area contributed by atoms with Crippen molar-refractivity contribution in [3.63, 3.8) is 0 Å². The van der Waals surface area contributed by atoms with Gasteiger partial charge in [0.05, 0.1) is 17.0 Å². The summed E-state index contributed by atoms with van der Waals surface area (Å²) in [6, 6.07) is 16.0. The van der Waals surface area contributed by atoms with Crippen LogP contribution in [0.4, 0.5) is 11.4 Å². The van der Waals surface area contributed by atoms with Gasteiger partial charge in [0, 0.05) is 24.2 Å². The summed E-state index contributed by atoms with van der Waals surface area (Å²) < 4.78 is 0. The molecule has 29 heavy (non-hydrogen) atoms. The fourth-order valence-electron chi connectivity index (χ4n) is 3.61. The van der Waals surface area contributed by atoms with Gasteiger partial charge in [0.15, 0.2) is 0 Å². The van der Waals surface area contributed by atoms with Gasteiger partial charge in [0.2, 0.25) is 0 Å². The van der Waals surface area contributed by atoms with Gasteiger partial charge in [-0.15, -0.1) is 0 Å². The predicted molar refractivity (Wildman–Crippen MR) is 124 cm³/mol. The summed E-state index contributed by atoms with van der Waals surface area (Å²) in [6.07, 6.45) is 2.00. The lowest BCUT2D eigenvalue weighted by molar-refractivity contribution is -0.114. The van der Waals surface area contributed by atoms with Gasteiger partial charge in [-0.1, -0.05) is 45.0 Å². The van der Waals surface area contributed by atoms with E-state index < -0.39 is 0 Å². The summed E-state index contributed by atoms with van der Waals surface area (Å²) in [5, 5.41) is 6.23. The SMILES string of the molecule is CCN(CC)c1ccc(/C=C2\C(=O)N(c3ccccc3)N=C2C(C)(C)C)c(C)c1. The molecule has 152 valence electrons. The molecule has 3 rings (SSSR count). The molecule has 1 amide bonds. The Balaban J connectivity index is 2.03. The number of hydrogen-bond donors (Lipinski definition) is 0. The van der Waals surface area contributed by atoms with Crippen LogP contribution >= 0.6 is 0 Å². The molecular formula is C25H31N3O. The number of rotatable bonds is 5. The second-order valence-electron chi connectivity index (χ2n) is 8.42. The quantitative estimate of drug-likeness (QED) is 0.617. The fraction of sp³-hybridized carbons (Fsp3) is 0.360. The zero-order chi connectivity index (χ0) is 21.2. The zero-order valence-corrected chi connectivity index (χ0v) is 18.4. The number of amides is 1. The van der Waals surface area contributed by atoms with E-state index in [1.807, 2.05) is 36.4 Å². The third-order valence-electron chi connectivity index (χ3n) is 5.27. The largest absolute Gasteiger partial charge is 0.372 e. The van der Waals surface area contributed by atoms with Gasteiger partial charge in [-0.05, 0) is 62.2 Å². The van der Waals surface area contributed by atoms with Crippen LogP contribution in [0.5, 0.6) is 0 Å². The molecule has 1 aliphatic heterocycles. The Morgan fingerprint density at radius 2 is 1.69 bits per heavy atom. The van der Waals surface area contributed by atoms with Crippen LogP contribution in [0.15, 0.2) is 59.2 Å². The van der Waals surface area contributed by atoms with Crippen molar-refractivity contribution in [1.82, 2.24) is 0 Å². The van der Waals surface area contributed by atoms with Gasteiger partial charge in [-0.3, -0.25) is 4.79 Å². The molecule has 1 aliphatic rings. The number of benzene rings is 2. The summed E-state index contributed by atoms with van der Waals surface area (Å²) in [6.45, 7) is 14.7. The van der Waals surface area contributed by atoms with E-state index in [9.17, 15) is 4.79 Å². The maximum absolute atomic E-state index is 13.3. The first-order chi connectivity index (χ1) is 13.8. The highest BCUT2D eigenvalue weighted by molar-refractivity contribution is 6.34. The van der Waals surface area contributed by atoms with Gasteiger partial charge in [0.25, 0.3) is 5.91 Å². The van der Waals surface area contributed by atoms with Crippen molar-refractivity contribution < 1.29 is 4.79 Å². The van der Waals surface area contributed by atoms with E-state index in [0.29, 0.717) is 5.57 Å². The van der Waals surface area contributed by atoms with Crippen molar-refractivity contribution in [2.24, 2.45) is 10.5 Å². The molecule has 0 saturated heterocycles. The molecule has 2 aromatic carbocycles. The van der Waals surface area contributed by atoms with Gasteiger partial charge in [-0.2, -0.15) is 10.1 Å². The minimum Gasteiger partial charge on any atom is -0.372 e. The molecule has 2 aromatic rings. The number of carbonyl (C=O) groups is 1. The molecular weight excluding hydrogens is 358 g/mol. The van der Waals surface area contributed by atoms with Crippen molar-refractivity contribution in [3.8, 4) is 0 Å². The molecule has 0 aliphatic carbocycles. The number of aryl methyl sites for hydroxylation is 1. The van der Waals surface area contributed by atoms with E-state index in [1.54, 1.807) is 0 Å². The molecule has 0 fully saturated rings. The molecule has 0 radical (unpaired) electrons. The van der Waals surface area contributed by atoms with Crippen LogP contribution < -0.4 is 9.91 Å². The average molecular weight is 390 g/mol. The van der Waals surface area contributed by atoms with E-state index in [2.05, 4.69) is 64.6 Å². The molecule has 0 saturated carbocycles. The van der Waals surface area contributed by atoms with Crippen molar-refractivity contribution in [2.75, 3.05) is 23.0 Å². The van der Waals surface area contributed by atoms with Crippen molar-refractivity contribution in [1.29, 1.82) is 0 Å². The maximum Gasteiger partial charge on any atom is 0.280 e. The van der Waals surface area contributed by atoms with E-state index in [-0.39, 0.29) is 11.3 Å². The van der Waals surface area contributed by atoms with Crippen molar-refractivity contribution >= 4 is 29.1 Å². The zero-order valence-electron chi connectivity index (χ0n) is 18.4. The Morgan fingerprint density at radius 3 is 2.24 bits per heavy atom. The standard InChI is InChI=1S/C25H31N3O/c1-7-27(8-2)21-15-14-19(18(3)16-21)17-22-23(25(4,5)6)26-28(24(22)29)20-12-10-9-11-13-20/h9-17H,7-8H2,1-6H3/b22-17-. The van der Waals surface area contributed by atoms with Crippen molar-refractivity contribution in [3.05, 3.63) is 65.2 Å². The molecule has 4 heteroatoms. The minimum absolute atomic E-state index is 0.0756. The summed E-state index contributed by atoms with van der Waals surface area (Å²) in [5.74, 6) is -0.0756. The smallest absolute Gasteiger partial charge is 0.280 e. The van der Waals surface area contributed by atoms with Gasteiger partial charge in [-0.25, -0.2) is 0 Å². The van der Waals surface area contributed by atoms with E-state index in [0.717, 1.165) is 35.6 Å². The Morgan fingerprint density at radius 1 is 1.03 bits per heavy atom. The topological polar surface area (TPSA) is 35.9 Å².